The molecular weight excluding hydrogens is 269 g/mol. The minimum Gasteiger partial charge on any atom is -0.310 e. The highest BCUT2D eigenvalue weighted by Gasteiger charge is 2.07. The fraction of sp³-hybridized carbons (Fsp3) is 0.294. The SMILES string of the molecule is Cc1cccc(Sc2ccc(F)cc2CNC(C)C)c1. The van der Waals surface area contributed by atoms with Gasteiger partial charge in [-0.25, -0.2) is 4.39 Å². The van der Waals surface area contributed by atoms with Crippen molar-refractivity contribution in [2.75, 3.05) is 0 Å². The first-order valence-corrected chi connectivity index (χ1v) is 7.62. The second-order valence-electron chi connectivity index (χ2n) is 5.21. The van der Waals surface area contributed by atoms with E-state index in [1.54, 1.807) is 17.8 Å². The molecule has 0 radical (unpaired) electrons. The van der Waals surface area contributed by atoms with Gasteiger partial charge < -0.3 is 5.32 Å². The first-order chi connectivity index (χ1) is 9.54. The van der Waals surface area contributed by atoms with Crippen molar-refractivity contribution < 1.29 is 4.39 Å². The molecule has 0 fully saturated rings. The molecule has 106 valence electrons. The van der Waals surface area contributed by atoms with Gasteiger partial charge in [-0.1, -0.05) is 43.3 Å². The third-order valence-electron chi connectivity index (χ3n) is 2.94. The average Bonchev–Trinajstić information content (AvgIpc) is 2.39. The minimum absolute atomic E-state index is 0.181. The van der Waals surface area contributed by atoms with Crippen LogP contribution in [0.2, 0.25) is 0 Å². The summed E-state index contributed by atoms with van der Waals surface area (Å²) in [5, 5.41) is 3.35. The molecular formula is C17H20FNS. The average molecular weight is 289 g/mol. The summed E-state index contributed by atoms with van der Waals surface area (Å²) in [6.07, 6.45) is 0. The Labute approximate surface area is 124 Å². The maximum atomic E-state index is 13.4. The molecule has 0 saturated heterocycles. The molecule has 2 aromatic carbocycles. The second kappa shape index (κ2) is 6.91. The third-order valence-corrected chi connectivity index (χ3v) is 4.05. The van der Waals surface area contributed by atoms with E-state index in [1.807, 2.05) is 12.1 Å². The van der Waals surface area contributed by atoms with Crippen LogP contribution in [0.3, 0.4) is 0 Å². The van der Waals surface area contributed by atoms with Crippen LogP contribution in [-0.2, 0) is 6.54 Å². The molecule has 0 atom stereocenters. The van der Waals surface area contributed by atoms with E-state index in [-0.39, 0.29) is 5.82 Å². The van der Waals surface area contributed by atoms with Gasteiger partial charge in [-0.2, -0.15) is 0 Å². The molecule has 0 bridgehead atoms. The van der Waals surface area contributed by atoms with E-state index in [9.17, 15) is 4.39 Å². The van der Waals surface area contributed by atoms with Gasteiger partial charge in [-0.05, 0) is 42.8 Å². The quantitative estimate of drug-likeness (QED) is 0.850. The molecule has 2 rings (SSSR count). The Balaban J connectivity index is 2.21. The summed E-state index contributed by atoms with van der Waals surface area (Å²) >= 11 is 1.68. The number of hydrogen-bond acceptors (Lipinski definition) is 2. The van der Waals surface area contributed by atoms with Crippen LogP contribution in [0.15, 0.2) is 52.3 Å². The van der Waals surface area contributed by atoms with Gasteiger partial charge in [0, 0.05) is 22.4 Å². The first-order valence-electron chi connectivity index (χ1n) is 6.81. The predicted octanol–water partition coefficient (Wildman–Crippen LogP) is 4.78. The number of aryl methyl sites for hydroxylation is 1. The van der Waals surface area contributed by atoms with E-state index < -0.39 is 0 Å². The van der Waals surface area contributed by atoms with Crippen molar-refractivity contribution in [3.8, 4) is 0 Å². The van der Waals surface area contributed by atoms with Crippen LogP contribution in [-0.4, -0.2) is 6.04 Å². The van der Waals surface area contributed by atoms with Crippen LogP contribution in [0.25, 0.3) is 0 Å². The van der Waals surface area contributed by atoms with Gasteiger partial charge in [0.2, 0.25) is 0 Å². The summed E-state index contributed by atoms with van der Waals surface area (Å²) in [5.74, 6) is -0.181. The minimum atomic E-state index is -0.181. The molecule has 20 heavy (non-hydrogen) atoms. The summed E-state index contributed by atoms with van der Waals surface area (Å²) in [5.41, 5.74) is 2.24. The lowest BCUT2D eigenvalue weighted by atomic mass is 10.2. The molecule has 0 unspecified atom stereocenters. The van der Waals surface area contributed by atoms with Crippen molar-refractivity contribution in [2.24, 2.45) is 0 Å². The van der Waals surface area contributed by atoms with Gasteiger partial charge >= 0.3 is 0 Å². The Bertz CT molecular complexity index is 581. The van der Waals surface area contributed by atoms with Crippen LogP contribution in [0.5, 0.6) is 0 Å². The van der Waals surface area contributed by atoms with Crippen LogP contribution < -0.4 is 5.32 Å². The topological polar surface area (TPSA) is 12.0 Å². The van der Waals surface area contributed by atoms with Gasteiger partial charge in [0.05, 0.1) is 0 Å². The van der Waals surface area contributed by atoms with Gasteiger partial charge in [0.25, 0.3) is 0 Å². The summed E-state index contributed by atoms with van der Waals surface area (Å²) < 4.78 is 13.4. The van der Waals surface area contributed by atoms with Crippen molar-refractivity contribution in [2.45, 2.75) is 43.1 Å². The van der Waals surface area contributed by atoms with Crippen LogP contribution in [0, 0.1) is 12.7 Å². The highest BCUT2D eigenvalue weighted by molar-refractivity contribution is 7.99. The fourth-order valence-corrected chi connectivity index (χ4v) is 2.95. The van der Waals surface area contributed by atoms with E-state index in [4.69, 9.17) is 0 Å². The predicted molar refractivity (Wildman–Crippen MR) is 83.7 cm³/mol. The molecule has 0 aliphatic carbocycles. The summed E-state index contributed by atoms with van der Waals surface area (Å²) in [6.45, 7) is 6.94. The van der Waals surface area contributed by atoms with E-state index >= 15 is 0 Å². The molecule has 0 aromatic heterocycles. The Morgan fingerprint density at radius 3 is 2.65 bits per heavy atom. The molecule has 1 N–H and O–H groups in total. The van der Waals surface area contributed by atoms with E-state index in [0.29, 0.717) is 12.6 Å². The maximum Gasteiger partial charge on any atom is 0.123 e. The van der Waals surface area contributed by atoms with Crippen molar-refractivity contribution in [3.05, 3.63) is 59.4 Å². The monoisotopic (exact) mass is 289 g/mol. The standard InChI is InChI=1S/C17H20FNS/c1-12(2)19-11-14-10-15(18)7-8-17(14)20-16-6-4-5-13(3)9-16/h4-10,12,19H,11H2,1-3H3. The molecule has 1 nitrogen and oxygen atoms in total. The van der Waals surface area contributed by atoms with Gasteiger partial charge in [0.15, 0.2) is 0 Å². The highest BCUT2D eigenvalue weighted by Crippen LogP contribution is 2.31. The maximum absolute atomic E-state index is 13.4. The molecule has 0 amide bonds. The number of halogens is 1. The Morgan fingerprint density at radius 1 is 1.15 bits per heavy atom. The van der Waals surface area contributed by atoms with Crippen molar-refractivity contribution in [1.29, 1.82) is 0 Å². The summed E-state index contributed by atoms with van der Waals surface area (Å²) in [7, 11) is 0. The van der Waals surface area contributed by atoms with E-state index in [1.165, 1.54) is 16.5 Å². The van der Waals surface area contributed by atoms with Gasteiger partial charge in [-0.15, -0.1) is 0 Å². The lowest BCUT2D eigenvalue weighted by Gasteiger charge is -2.13. The zero-order valence-corrected chi connectivity index (χ0v) is 12.9. The molecule has 0 heterocycles. The number of benzene rings is 2. The second-order valence-corrected chi connectivity index (χ2v) is 6.32. The van der Waals surface area contributed by atoms with Crippen LogP contribution in [0.1, 0.15) is 25.0 Å². The Morgan fingerprint density at radius 2 is 1.95 bits per heavy atom. The summed E-state index contributed by atoms with van der Waals surface area (Å²) in [4.78, 5) is 2.28. The third kappa shape index (κ3) is 4.36. The first kappa shape index (κ1) is 15.1. The number of nitrogens with one attached hydrogen (secondary N) is 1. The van der Waals surface area contributed by atoms with E-state index in [2.05, 4.69) is 44.3 Å². The van der Waals surface area contributed by atoms with Crippen molar-refractivity contribution in [1.82, 2.24) is 5.32 Å². The fourth-order valence-electron chi connectivity index (χ4n) is 1.91. The molecule has 0 aliphatic heterocycles. The van der Waals surface area contributed by atoms with Crippen LogP contribution in [0.4, 0.5) is 4.39 Å². The molecule has 0 spiro atoms. The zero-order chi connectivity index (χ0) is 14.5. The van der Waals surface area contributed by atoms with Crippen molar-refractivity contribution >= 4 is 11.8 Å². The van der Waals surface area contributed by atoms with E-state index in [0.717, 1.165) is 10.5 Å². The zero-order valence-electron chi connectivity index (χ0n) is 12.1. The highest BCUT2D eigenvalue weighted by atomic mass is 32.2. The molecule has 3 heteroatoms. The normalized spacial score (nSPS) is 11.1. The van der Waals surface area contributed by atoms with Gasteiger partial charge in [0.1, 0.15) is 5.82 Å². The van der Waals surface area contributed by atoms with Crippen molar-refractivity contribution in [3.63, 3.8) is 0 Å². The lowest BCUT2D eigenvalue weighted by Crippen LogP contribution is -2.22. The van der Waals surface area contributed by atoms with Crippen LogP contribution >= 0.6 is 11.8 Å². The lowest BCUT2D eigenvalue weighted by molar-refractivity contribution is 0.576. The Kier molecular flexibility index (Phi) is 5.21. The largest absolute Gasteiger partial charge is 0.310 e. The summed E-state index contributed by atoms with van der Waals surface area (Å²) in [6, 6.07) is 13.7. The molecule has 0 saturated carbocycles. The number of hydrogen-bond donors (Lipinski definition) is 1. The number of rotatable bonds is 5. The Hall–Kier alpha value is -1.32. The smallest absolute Gasteiger partial charge is 0.123 e. The molecule has 0 aliphatic rings. The van der Waals surface area contributed by atoms with Gasteiger partial charge in [-0.3, -0.25) is 0 Å². The molecule has 2 aromatic rings.